The number of hydrogen-bond donors (Lipinski definition) is 1. The predicted octanol–water partition coefficient (Wildman–Crippen LogP) is 3.36. The number of furan rings is 1. The van der Waals surface area contributed by atoms with Gasteiger partial charge < -0.3 is 19.4 Å². The Kier molecular flexibility index (Phi) is 3.93. The van der Waals surface area contributed by atoms with Crippen LogP contribution in [-0.2, 0) is 6.54 Å². The van der Waals surface area contributed by atoms with Gasteiger partial charge in [0.25, 0.3) is 5.91 Å². The Hall–Kier alpha value is -2.79. The van der Waals surface area contributed by atoms with E-state index in [9.17, 15) is 4.79 Å². The van der Waals surface area contributed by atoms with Gasteiger partial charge in [0.1, 0.15) is 17.9 Å². The molecule has 5 heteroatoms. The number of nitrogens with one attached hydrogen (secondary N) is 1. The van der Waals surface area contributed by atoms with E-state index in [4.69, 9.17) is 9.15 Å². The van der Waals surface area contributed by atoms with Crippen molar-refractivity contribution in [1.82, 2.24) is 10.2 Å². The van der Waals surface area contributed by atoms with Crippen LogP contribution >= 0.6 is 0 Å². The molecule has 2 heterocycles. The third-order valence-electron chi connectivity index (χ3n) is 4.38. The smallest absolute Gasteiger partial charge is 0.287 e. The normalized spacial score (nSPS) is 16.0. The summed E-state index contributed by atoms with van der Waals surface area (Å²) >= 11 is 0. The Morgan fingerprint density at radius 3 is 2.76 bits per heavy atom. The maximum atomic E-state index is 12.9. The van der Waals surface area contributed by atoms with E-state index in [2.05, 4.69) is 5.32 Å². The van der Waals surface area contributed by atoms with Crippen molar-refractivity contribution in [1.29, 1.82) is 0 Å². The molecule has 0 unspecified atom stereocenters. The zero-order valence-electron chi connectivity index (χ0n) is 14.3. The molecule has 25 heavy (non-hydrogen) atoms. The van der Waals surface area contributed by atoms with E-state index >= 15 is 0 Å². The number of carbonyl (C=O) groups is 1. The van der Waals surface area contributed by atoms with Crippen molar-refractivity contribution in [2.45, 2.75) is 12.6 Å². The van der Waals surface area contributed by atoms with Crippen LogP contribution in [0.1, 0.15) is 27.7 Å². The van der Waals surface area contributed by atoms with E-state index < -0.39 is 0 Å². The van der Waals surface area contributed by atoms with E-state index in [0.29, 0.717) is 18.9 Å². The van der Waals surface area contributed by atoms with Crippen LogP contribution in [0.25, 0.3) is 11.0 Å². The van der Waals surface area contributed by atoms with E-state index in [1.165, 1.54) is 0 Å². The van der Waals surface area contributed by atoms with Gasteiger partial charge in [0.2, 0.25) is 0 Å². The lowest BCUT2D eigenvalue weighted by Crippen LogP contribution is -2.30. The van der Waals surface area contributed by atoms with Gasteiger partial charge in [-0.2, -0.15) is 0 Å². The maximum Gasteiger partial charge on any atom is 0.287 e. The van der Waals surface area contributed by atoms with Crippen LogP contribution in [0.15, 0.2) is 52.9 Å². The number of rotatable bonds is 4. The number of amides is 1. The predicted molar refractivity (Wildman–Crippen MR) is 95.7 cm³/mol. The van der Waals surface area contributed by atoms with E-state index in [1.807, 2.05) is 67.5 Å². The Morgan fingerprint density at radius 1 is 1.16 bits per heavy atom. The standard InChI is InChI=1S/C20H20N2O3/c1-22(2)11-15-13-7-3-6-10-18(13)25-19(15)20(23)21-16-12-24-17-9-5-4-8-14(16)17/h3-10,16H,11-12H2,1-2H3,(H,21,23)/t16-/m0/s1. The van der Waals surface area contributed by atoms with Gasteiger partial charge in [0.05, 0.1) is 6.04 Å². The summed E-state index contributed by atoms with van der Waals surface area (Å²) in [6.07, 6.45) is 0. The lowest BCUT2D eigenvalue weighted by molar-refractivity contribution is 0.0902. The highest BCUT2D eigenvalue weighted by atomic mass is 16.5. The minimum atomic E-state index is -0.210. The summed E-state index contributed by atoms with van der Waals surface area (Å²) in [7, 11) is 3.95. The molecule has 0 bridgehead atoms. The summed E-state index contributed by atoms with van der Waals surface area (Å²) in [6.45, 7) is 1.08. The van der Waals surface area contributed by atoms with Crippen LogP contribution in [0, 0.1) is 0 Å². The first-order valence-corrected chi connectivity index (χ1v) is 8.31. The van der Waals surface area contributed by atoms with E-state index in [1.54, 1.807) is 0 Å². The summed E-state index contributed by atoms with van der Waals surface area (Å²) in [5.74, 6) is 0.989. The summed E-state index contributed by atoms with van der Waals surface area (Å²) < 4.78 is 11.5. The molecule has 0 fully saturated rings. The number of hydrogen-bond acceptors (Lipinski definition) is 4. The maximum absolute atomic E-state index is 12.9. The van der Waals surface area contributed by atoms with Gasteiger partial charge in [-0.1, -0.05) is 36.4 Å². The first-order chi connectivity index (χ1) is 12.1. The SMILES string of the molecule is CN(C)Cc1c(C(=O)N[C@H]2COc3ccccc32)oc2ccccc12. The number of nitrogens with zero attached hydrogens (tertiary/aromatic N) is 1. The molecule has 0 radical (unpaired) electrons. The summed E-state index contributed by atoms with van der Waals surface area (Å²) in [6, 6.07) is 15.4. The lowest BCUT2D eigenvalue weighted by Gasteiger charge is -2.13. The van der Waals surface area contributed by atoms with Crippen LogP contribution in [0.3, 0.4) is 0 Å². The summed E-state index contributed by atoms with van der Waals surface area (Å²) in [5.41, 5.74) is 2.64. The molecule has 1 aromatic heterocycles. The molecule has 3 aromatic rings. The second kappa shape index (κ2) is 6.26. The molecule has 1 aliphatic rings. The lowest BCUT2D eigenvalue weighted by atomic mass is 10.1. The molecule has 1 atom stereocenters. The van der Waals surface area contributed by atoms with Crippen LogP contribution < -0.4 is 10.1 Å². The zero-order chi connectivity index (χ0) is 17.4. The molecule has 128 valence electrons. The van der Waals surface area contributed by atoms with Gasteiger partial charge in [0, 0.05) is 23.1 Å². The number of fused-ring (bicyclic) bond motifs is 2. The van der Waals surface area contributed by atoms with Crippen molar-refractivity contribution in [2.24, 2.45) is 0 Å². The van der Waals surface area contributed by atoms with Crippen molar-refractivity contribution in [3.63, 3.8) is 0 Å². The molecule has 1 amide bonds. The topological polar surface area (TPSA) is 54.7 Å². The molecule has 0 aliphatic carbocycles. The fraction of sp³-hybridized carbons (Fsp3) is 0.250. The van der Waals surface area contributed by atoms with Crippen LogP contribution in [0.2, 0.25) is 0 Å². The average molecular weight is 336 g/mol. The fourth-order valence-electron chi connectivity index (χ4n) is 3.26. The summed E-state index contributed by atoms with van der Waals surface area (Å²) in [4.78, 5) is 14.9. The van der Waals surface area contributed by atoms with Crippen LogP contribution in [0.5, 0.6) is 5.75 Å². The third-order valence-corrected chi connectivity index (χ3v) is 4.38. The number of carbonyl (C=O) groups excluding carboxylic acids is 1. The minimum absolute atomic E-state index is 0.163. The Bertz CT molecular complexity index is 930. The quantitative estimate of drug-likeness (QED) is 0.794. The van der Waals surface area contributed by atoms with Crippen molar-refractivity contribution < 1.29 is 13.9 Å². The van der Waals surface area contributed by atoms with Gasteiger partial charge in [-0.3, -0.25) is 4.79 Å². The molecule has 0 saturated carbocycles. The highest BCUT2D eigenvalue weighted by Crippen LogP contribution is 2.33. The van der Waals surface area contributed by atoms with Gasteiger partial charge in [0.15, 0.2) is 5.76 Å². The van der Waals surface area contributed by atoms with Gasteiger partial charge >= 0.3 is 0 Å². The number of para-hydroxylation sites is 2. The van der Waals surface area contributed by atoms with Crippen molar-refractivity contribution in [2.75, 3.05) is 20.7 Å². The van der Waals surface area contributed by atoms with Crippen molar-refractivity contribution >= 4 is 16.9 Å². The largest absolute Gasteiger partial charge is 0.491 e. The minimum Gasteiger partial charge on any atom is -0.491 e. The molecule has 0 spiro atoms. The van der Waals surface area contributed by atoms with E-state index in [0.717, 1.165) is 27.8 Å². The highest BCUT2D eigenvalue weighted by Gasteiger charge is 2.28. The molecule has 5 nitrogen and oxygen atoms in total. The van der Waals surface area contributed by atoms with Gasteiger partial charge in [-0.15, -0.1) is 0 Å². The Morgan fingerprint density at radius 2 is 1.92 bits per heavy atom. The summed E-state index contributed by atoms with van der Waals surface area (Å²) in [5, 5.41) is 4.03. The average Bonchev–Trinajstić information content (AvgIpc) is 3.17. The molecule has 2 aromatic carbocycles. The zero-order valence-corrected chi connectivity index (χ0v) is 14.3. The van der Waals surface area contributed by atoms with Gasteiger partial charge in [-0.25, -0.2) is 0 Å². The Balaban J connectivity index is 1.66. The first-order valence-electron chi connectivity index (χ1n) is 8.31. The van der Waals surface area contributed by atoms with E-state index in [-0.39, 0.29) is 11.9 Å². The second-order valence-electron chi connectivity index (χ2n) is 6.52. The van der Waals surface area contributed by atoms with Gasteiger partial charge in [-0.05, 0) is 26.2 Å². The molecular weight excluding hydrogens is 316 g/mol. The molecule has 1 N–H and O–H groups in total. The second-order valence-corrected chi connectivity index (χ2v) is 6.52. The molecular formula is C20H20N2O3. The monoisotopic (exact) mass is 336 g/mol. The Labute approximate surface area is 146 Å². The first kappa shape index (κ1) is 15.7. The number of benzene rings is 2. The molecule has 4 rings (SSSR count). The molecule has 0 saturated heterocycles. The van der Waals surface area contributed by atoms with Crippen LogP contribution in [0.4, 0.5) is 0 Å². The van der Waals surface area contributed by atoms with Crippen molar-refractivity contribution in [3.05, 3.63) is 65.4 Å². The third kappa shape index (κ3) is 2.87. The van der Waals surface area contributed by atoms with Crippen molar-refractivity contribution in [3.8, 4) is 5.75 Å². The fourth-order valence-corrected chi connectivity index (χ4v) is 3.26. The molecule has 1 aliphatic heterocycles. The highest BCUT2D eigenvalue weighted by molar-refractivity contribution is 5.99. The number of ether oxygens (including phenoxy) is 1. The van der Waals surface area contributed by atoms with Crippen LogP contribution in [-0.4, -0.2) is 31.5 Å².